The monoisotopic (exact) mass is 550 g/mol. The first-order chi connectivity index (χ1) is 19.8. The van der Waals surface area contributed by atoms with E-state index >= 15 is 0 Å². The van der Waals surface area contributed by atoms with Gasteiger partial charge in [-0.05, 0) is 54.6 Å². The molecule has 0 aromatic heterocycles. The fourth-order valence-electron chi connectivity index (χ4n) is 4.22. The Morgan fingerprint density at radius 2 is 1.41 bits per heavy atom. The number of hydrogen-bond donors (Lipinski definition) is 0. The van der Waals surface area contributed by atoms with E-state index in [9.17, 15) is 34.1 Å². The molecule has 0 unspecified atom stereocenters. The third-order valence-electron chi connectivity index (χ3n) is 6.19. The Hall–Kier alpha value is -5.97. The molecule has 1 heterocycles. The minimum absolute atomic E-state index is 0.143. The first-order valence-electron chi connectivity index (χ1n) is 12.1. The number of hydrogen-bond acceptors (Lipinski definition) is 9. The molecule has 11 nitrogen and oxygen atoms in total. The molecule has 0 N–H and O–H groups in total. The van der Waals surface area contributed by atoms with Crippen molar-refractivity contribution >= 4 is 40.9 Å². The molecule has 0 saturated heterocycles. The molecule has 0 aliphatic carbocycles. The predicted octanol–water partition coefficient (Wildman–Crippen LogP) is 4.65. The highest BCUT2D eigenvalue weighted by Crippen LogP contribution is 2.35. The van der Waals surface area contributed by atoms with Crippen LogP contribution in [-0.4, -0.2) is 41.1 Å². The first kappa shape index (κ1) is 26.6. The summed E-state index contributed by atoms with van der Waals surface area (Å²) in [6, 6.07) is 23.3. The van der Waals surface area contributed by atoms with Crippen molar-refractivity contribution in [1.82, 2.24) is 0 Å². The highest BCUT2D eigenvalue weighted by molar-refractivity contribution is 6.36. The SMILES string of the molecule is O=C(COC(=O)c1ccccc1N1C(=O)c2cccc([N+](=O)[O-])c2C1=O)c1ccc(OC(=O)c2ccccc2)cc1. The summed E-state index contributed by atoms with van der Waals surface area (Å²) in [6.07, 6.45) is 0. The molecule has 5 rings (SSSR count). The third kappa shape index (κ3) is 5.19. The van der Waals surface area contributed by atoms with Crippen LogP contribution in [-0.2, 0) is 4.74 Å². The van der Waals surface area contributed by atoms with E-state index in [1.807, 2.05) is 0 Å². The number of carbonyl (C=O) groups excluding carboxylic acids is 5. The summed E-state index contributed by atoms with van der Waals surface area (Å²) in [7, 11) is 0. The van der Waals surface area contributed by atoms with E-state index in [0.717, 1.165) is 6.07 Å². The standard InChI is InChI=1S/C30H18N2O9/c33-25(18-13-15-20(16-14-18)41-29(36)19-7-2-1-3-8-19)17-40-30(37)21-9-4-5-11-23(21)31-27(34)22-10-6-12-24(32(38)39)26(22)28(31)35/h1-16H,17H2. The molecule has 4 aromatic rings. The smallest absolute Gasteiger partial charge is 0.343 e. The Morgan fingerprint density at radius 1 is 0.732 bits per heavy atom. The quantitative estimate of drug-likeness (QED) is 0.0762. The topological polar surface area (TPSA) is 150 Å². The van der Waals surface area contributed by atoms with Crippen LogP contribution in [0.15, 0.2) is 97.1 Å². The van der Waals surface area contributed by atoms with Crippen LogP contribution in [0.2, 0.25) is 0 Å². The van der Waals surface area contributed by atoms with Gasteiger partial charge < -0.3 is 9.47 Å². The van der Waals surface area contributed by atoms with Crippen LogP contribution in [0.5, 0.6) is 5.75 Å². The largest absolute Gasteiger partial charge is 0.454 e. The van der Waals surface area contributed by atoms with E-state index in [1.54, 1.807) is 30.3 Å². The van der Waals surface area contributed by atoms with Gasteiger partial charge in [0.15, 0.2) is 12.4 Å². The minimum Gasteiger partial charge on any atom is -0.454 e. The number of fused-ring (bicyclic) bond motifs is 1. The van der Waals surface area contributed by atoms with Gasteiger partial charge >= 0.3 is 11.9 Å². The van der Waals surface area contributed by atoms with Gasteiger partial charge in [-0.2, -0.15) is 0 Å². The Kier molecular flexibility index (Phi) is 7.16. The number of nitro benzene ring substituents is 1. The zero-order valence-electron chi connectivity index (χ0n) is 21.0. The normalized spacial score (nSPS) is 12.0. The van der Waals surface area contributed by atoms with E-state index < -0.39 is 46.8 Å². The van der Waals surface area contributed by atoms with Crippen molar-refractivity contribution in [3.63, 3.8) is 0 Å². The molecule has 0 saturated carbocycles. The summed E-state index contributed by atoms with van der Waals surface area (Å²) in [5.74, 6) is -3.70. The van der Waals surface area contributed by atoms with Crippen molar-refractivity contribution in [2.24, 2.45) is 0 Å². The average molecular weight is 550 g/mol. The minimum atomic E-state index is -0.992. The molecule has 1 aliphatic heterocycles. The van der Waals surface area contributed by atoms with Gasteiger partial charge in [-0.1, -0.05) is 36.4 Å². The zero-order valence-corrected chi connectivity index (χ0v) is 21.0. The molecular formula is C30H18N2O9. The maximum absolute atomic E-state index is 13.1. The molecule has 2 amide bonds. The Labute approximate surface area is 231 Å². The van der Waals surface area contributed by atoms with Gasteiger partial charge in [0.2, 0.25) is 0 Å². The number of ether oxygens (including phenoxy) is 2. The fraction of sp³-hybridized carbons (Fsp3) is 0.0333. The van der Waals surface area contributed by atoms with Gasteiger partial charge in [-0.25, -0.2) is 14.5 Å². The number of nitrogens with zero attached hydrogens (tertiary/aromatic N) is 2. The van der Waals surface area contributed by atoms with Crippen molar-refractivity contribution < 1.29 is 38.4 Å². The number of para-hydroxylation sites is 1. The summed E-state index contributed by atoms with van der Waals surface area (Å²) in [6.45, 7) is -0.663. The third-order valence-corrected chi connectivity index (χ3v) is 6.19. The zero-order chi connectivity index (χ0) is 29.1. The highest BCUT2D eigenvalue weighted by atomic mass is 16.6. The van der Waals surface area contributed by atoms with Crippen LogP contribution in [0.3, 0.4) is 0 Å². The molecule has 0 bridgehead atoms. The summed E-state index contributed by atoms with van der Waals surface area (Å²) in [5, 5.41) is 11.4. The van der Waals surface area contributed by atoms with Crippen LogP contribution in [0.25, 0.3) is 0 Å². The van der Waals surface area contributed by atoms with Crippen molar-refractivity contribution in [3.05, 3.63) is 135 Å². The Bertz CT molecular complexity index is 1730. The second-order valence-electron chi connectivity index (χ2n) is 8.70. The fourth-order valence-corrected chi connectivity index (χ4v) is 4.22. The van der Waals surface area contributed by atoms with E-state index in [2.05, 4.69) is 0 Å². The molecule has 0 fully saturated rings. The van der Waals surface area contributed by atoms with Gasteiger partial charge in [0.25, 0.3) is 17.5 Å². The van der Waals surface area contributed by atoms with Gasteiger partial charge in [0.05, 0.1) is 27.3 Å². The molecule has 0 radical (unpaired) electrons. The number of Topliss-reactive ketones (excluding diaryl/α,β-unsaturated/α-hetero) is 1. The lowest BCUT2D eigenvalue weighted by Gasteiger charge is -2.17. The van der Waals surface area contributed by atoms with Crippen molar-refractivity contribution in [2.75, 3.05) is 11.5 Å². The average Bonchev–Trinajstić information content (AvgIpc) is 3.25. The second kappa shape index (κ2) is 11.0. The van der Waals surface area contributed by atoms with Crippen LogP contribution < -0.4 is 9.64 Å². The number of imide groups is 1. The molecular weight excluding hydrogens is 532 g/mol. The molecule has 11 heteroatoms. The lowest BCUT2D eigenvalue weighted by Crippen LogP contribution is -2.31. The maximum atomic E-state index is 13.1. The van der Waals surface area contributed by atoms with Crippen molar-refractivity contribution in [2.45, 2.75) is 0 Å². The summed E-state index contributed by atoms with van der Waals surface area (Å²) >= 11 is 0. The molecule has 1 aliphatic rings. The lowest BCUT2D eigenvalue weighted by atomic mass is 10.1. The van der Waals surface area contributed by atoms with Crippen LogP contribution in [0.1, 0.15) is 51.8 Å². The number of ketones is 1. The van der Waals surface area contributed by atoms with Crippen LogP contribution >= 0.6 is 0 Å². The maximum Gasteiger partial charge on any atom is 0.343 e. The van der Waals surface area contributed by atoms with Crippen molar-refractivity contribution in [3.8, 4) is 5.75 Å². The molecule has 0 spiro atoms. The number of nitro groups is 1. The van der Waals surface area contributed by atoms with Crippen molar-refractivity contribution in [1.29, 1.82) is 0 Å². The highest BCUT2D eigenvalue weighted by Gasteiger charge is 2.43. The van der Waals surface area contributed by atoms with Crippen LogP contribution in [0, 0.1) is 10.1 Å². The summed E-state index contributed by atoms with van der Waals surface area (Å²) in [4.78, 5) is 75.3. The number of anilines is 1. The number of amides is 2. The summed E-state index contributed by atoms with van der Waals surface area (Å²) in [5.41, 5.74) is -0.873. The number of rotatable bonds is 8. The van der Waals surface area contributed by atoms with Gasteiger partial charge in [0, 0.05) is 11.6 Å². The van der Waals surface area contributed by atoms with Gasteiger partial charge in [0.1, 0.15) is 11.3 Å². The molecule has 202 valence electrons. The van der Waals surface area contributed by atoms with E-state index in [0.29, 0.717) is 10.5 Å². The molecule has 4 aromatic carbocycles. The van der Waals surface area contributed by atoms with Gasteiger partial charge in [-0.3, -0.25) is 24.5 Å². The number of esters is 2. The summed E-state index contributed by atoms with van der Waals surface area (Å²) < 4.78 is 10.5. The Morgan fingerprint density at radius 3 is 2.12 bits per heavy atom. The van der Waals surface area contributed by atoms with E-state index in [-0.39, 0.29) is 33.7 Å². The van der Waals surface area contributed by atoms with Crippen LogP contribution in [0.4, 0.5) is 11.4 Å². The Balaban J connectivity index is 1.28. The first-order valence-corrected chi connectivity index (χ1v) is 12.1. The molecule has 0 atom stereocenters. The van der Waals surface area contributed by atoms with E-state index in [4.69, 9.17) is 9.47 Å². The van der Waals surface area contributed by atoms with Gasteiger partial charge in [-0.15, -0.1) is 0 Å². The number of carbonyl (C=O) groups is 5. The predicted molar refractivity (Wildman–Crippen MR) is 143 cm³/mol. The number of benzene rings is 4. The van der Waals surface area contributed by atoms with E-state index in [1.165, 1.54) is 60.7 Å². The lowest BCUT2D eigenvalue weighted by molar-refractivity contribution is -0.385. The second-order valence-corrected chi connectivity index (χ2v) is 8.70. The molecule has 41 heavy (non-hydrogen) atoms.